The molecule has 0 bridgehead atoms. The number of nitrogens with zero attached hydrogens (tertiary/aromatic N) is 5. The zero-order valence-corrected chi connectivity index (χ0v) is 11.4. The second-order valence-corrected chi connectivity index (χ2v) is 4.19. The fourth-order valence-electron chi connectivity index (χ4n) is 1.42. The molecular weight excluding hydrogens is 267 g/mol. The highest BCUT2D eigenvalue weighted by atomic mass is 19.1. The molecule has 2 heterocycles. The smallest absolute Gasteiger partial charge is 0.278 e. The van der Waals surface area contributed by atoms with E-state index < -0.39 is 5.82 Å². The molecule has 0 spiro atoms. The molecule has 20 heavy (non-hydrogen) atoms. The van der Waals surface area contributed by atoms with Crippen molar-refractivity contribution in [3.63, 3.8) is 0 Å². The predicted molar refractivity (Wildman–Crippen MR) is 69.3 cm³/mol. The highest BCUT2D eigenvalue weighted by molar-refractivity contribution is 5.42. The van der Waals surface area contributed by atoms with Crippen LogP contribution in [-0.4, -0.2) is 47.5 Å². The van der Waals surface area contributed by atoms with Crippen LogP contribution in [0.15, 0.2) is 10.8 Å². The van der Waals surface area contributed by atoms with Crippen LogP contribution in [0.5, 0.6) is 5.88 Å². The quantitative estimate of drug-likeness (QED) is 0.780. The van der Waals surface area contributed by atoms with Crippen molar-refractivity contribution in [2.75, 3.05) is 37.5 Å². The van der Waals surface area contributed by atoms with Gasteiger partial charge in [0.1, 0.15) is 12.3 Å². The first-order valence-corrected chi connectivity index (χ1v) is 5.93. The lowest BCUT2D eigenvalue weighted by Crippen LogP contribution is -2.17. The SMILES string of the molecule is Cc1nonc1OCCNc1ncc(F)c(N(C)C)n1. The summed E-state index contributed by atoms with van der Waals surface area (Å²) >= 11 is 0. The molecule has 9 heteroatoms. The van der Waals surface area contributed by atoms with Crippen LogP contribution in [0.2, 0.25) is 0 Å². The lowest BCUT2D eigenvalue weighted by molar-refractivity contribution is 0.261. The van der Waals surface area contributed by atoms with Crippen LogP contribution in [0, 0.1) is 12.7 Å². The molecule has 0 aliphatic heterocycles. The molecule has 0 amide bonds. The third kappa shape index (κ3) is 3.31. The molecule has 0 radical (unpaired) electrons. The lowest BCUT2D eigenvalue weighted by Gasteiger charge is -2.13. The number of ether oxygens (including phenoxy) is 1. The van der Waals surface area contributed by atoms with Gasteiger partial charge in [0.15, 0.2) is 11.6 Å². The number of rotatable bonds is 6. The van der Waals surface area contributed by atoms with Gasteiger partial charge in [-0.3, -0.25) is 0 Å². The van der Waals surface area contributed by atoms with Gasteiger partial charge in [-0.2, -0.15) is 4.98 Å². The number of hydrogen-bond donors (Lipinski definition) is 1. The molecule has 0 unspecified atom stereocenters. The number of aromatic nitrogens is 4. The Labute approximate surface area is 114 Å². The topological polar surface area (TPSA) is 89.2 Å². The van der Waals surface area contributed by atoms with E-state index in [2.05, 4.69) is 30.2 Å². The largest absolute Gasteiger partial charge is 0.472 e. The van der Waals surface area contributed by atoms with Gasteiger partial charge in [0, 0.05) is 14.1 Å². The van der Waals surface area contributed by atoms with Gasteiger partial charge in [0.05, 0.1) is 12.7 Å². The Balaban J connectivity index is 1.85. The van der Waals surface area contributed by atoms with Crippen LogP contribution < -0.4 is 15.0 Å². The standard InChI is InChI=1S/C11H15FN6O2/c1-7-10(17-20-16-7)19-5-4-13-11-14-6-8(12)9(15-11)18(2)3/h6H,4-5H2,1-3H3,(H,13,14,15). The Hall–Kier alpha value is -2.45. The molecule has 0 atom stereocenters. The van der Waals surface area contributed by atoms with Crippen LogP contribution in [0.4, 0.5) is 16.2 Å². The number of halogens is 1. The van der Waals surface area contributed by atoms with Crippen molar-refractivity contribution in [1.29, 1.82) is 0 Å². The zero-order chi connectivity index (χ0) is 14.5. The fourth-order valence-corrected chi connectivity index (χ4v) is 1.42. The first-order valence-electron chi connectivity index (χ1n) is 5.93. The van der Waals surface area contributed by atoms with Crippen LogP contribution in [-0.2, 0) is 0 Å². The first-order chi connectivity index (χ1) is 9.58. The monoisotopic (exact) mass is 282 g/mol. The molecule has 0 fully saturated rings. The Morgan fingerprint density at radius 3 is 2.85 bits per heavy atom. The molecule has 0 saturated heterocycles. The van der Waals surface area contributed by atoms with Crippen molar-refractivity contribution < 1.29 is 13.8 Å². The summed E-state index contributed by atoms with van der Waals surface area (Å²) in [4.78, 5) is 9.47. The van der Waals surface area contributed by atoms with Gasteiger partial charge in [-0.25, -0.2) is 14.0 Å². The van der Waals surface area contributed by atoms with Gasteiger partial charge in [0.2, 0.25) is 5.95 Å². The van der Waals surface area contributed by atoms with Crippen molar-refractivity contribution in [3.8, 4) is 5.88 Å². The minimum absolute atomic E-state index is 0.222. The van der Waals surface area contributed by atoms with Crippen molar-refractivity contribution in [3.05, 3.63) is 17.7 Å². The first kappa shape index (κ1) is 14.0. The highest BCUT2D eigenvalue weighted by Gasteiger charge is 2.09. The van der Waals surface area contributed by atoms with Crippen LogP contribution in [0.1, 0.15) is 5.69 Å². The molecule has 0 aliphatic rings. The number of hydrogen-bond acceptors (Lipinski definition) is 8. The van der Waals surface area contributed by atoms with Crippen LogP contribution in [0.25, 0.3) is 0 Å². The Morgan fingerprint density at radius 2 is 2.20 bits per heavy atom. The molecule has 0 aromatic carbocycles. The van der Waals surface area contributed by atoms with E-state index in [4.69, 9.17) is 4.74 Å². The van der Waals surface area contributed by atoms with E-state index in [0.717, 1.165) is 6.20 Å². The molecule has 2 rings (SSSR count). The van der Waals surface area contributed by atoms with Gasteiger partial charge < -0.3 is 15.0 Å². The summed E-state index contributed by atoms with van der Waals surface area (Å²) in [5.74, 6) is 0.426. The van der Waals surface area contributed by atoms with Gasteiger partial charge in [0.25, 0.3) is 5.88 Å². The summed E-state index contributed by atoms with van der Waals surface area (Å²) in [6, 6.07) is 0. The zero-order valence-electron chi connectivity index (χ0n) is 11.4. The Morgan fingerprint density at radius 1 is 1.40 bits per heavy atom. The van der Waals surface area contributed by atoms with Gasteiger partial charge >= 0.3 is 0 Å². The molecule has 2 aromatic rings. The molecule has 0 aliphatic carbocycles. The molecule has 0 saturated carbocycles. The van der Waals surface area contributed by atoms with Gasteiger partial charge in [-0.05, 0) is 12.1 Å². The van der Waals surface area contributed by atoms with Gasteiger partial charge in [-0.1, -0.05) is 5.16 Å². The normalized spacial score (nSPS) is 10.4. The Bertz CT molecular complexity index is 574. The van der Waals surface area contributed by atoms with Crippen molar-refractivity contribution in [1.82, 2.24) is 20.3 Å². The summed E-state index contributed by atoms with van der Waals surface area (Å²) in [5, 5.41) is 10.1. The average Bonchev–Trinajstić information content (AvgIpc) is 2.82. The predicted octanol–water partition coefficient (Wildman–Crippen LogP) is 0.864. The third-order valence-electron chi connectivity index (χ3n) is 2.38. The molecule has 1 N–H and O–H groups in total. The number of nitrogens with one attached hydrogen (secondary N) is 1. The summed E-state index contributed by atoms with van der Waals surface area (Å²) in [6.07, 6.45) is 1.12. The molecular formula is C11H15FN6O2. The fraction of sp³-hybridized carbons (Fsp3) is 0.455. The van der Waals surface area contributed by atoms with Crippen molar-refractivity contribution in [2.45, 2.75) is 6.92 Å². The molecule has 8 nitrogen and oxygen atoms in total. The minimum Gasteiger partial charge on any atom is -0.472 e. The van der Waals surface area contributed by atoms with Crippen molar-refractivity contribution in [2.24, 2.45) is 0 Å². The summed E-state index contributed by atoms with van der Waals surface area (Å²) < 4.78 is 23.2. The summed E-state index contributed by atoms with van der Waals surface area (Å²) in [5.41, 5.74) is 0.581. The van der Waals surface area contributed by atoms with Crippen molar-refractivity contribution >= 4 is 11.8 Å². The third-order valence-corrected chi connectivity index (χ3v) is 2.38. The van der Waals surface area contributed by atoms with E-state index in [9.17, 15) is 4.39 Å². The molecule has 108 valence electrons. The molecule has 2 aromatic heterocycles. The van der Waals surface area contributed by atoms with Gasteiger partial charge in [-0.15, -0.1) is 0 Å². The van der Waals surface area contributed by atoms with E-state index in [1.165, 1.54) is 0 Å². The van der Waals surface area contributed by atoms with E-state index in [1.807, 2.05) is 0 Å². The lowest BCUT2D eigenvalue weighted by atomic mass is 10.5. The minimum atomic E-state index is -0.471. The maximum absolute atomic E-state index is 13.4. The van der Waals surface area contributed by atoms with E-state index in [-0.39, 0.29) is 5.82 Å². The maximum Gasteiger partial charge on any atom is 0.278 e. The van der Waals surface area contributed by atoms with E-state index >= 15 is 0 Å². The van der Waals surface area contributed by atoms with E-state index in [1.54, 1.807) is 25.9 Å². The Kier molecular flexibility index (Phi) is 4.28. The second-order valence-electron chi connectivity index (χ2n) is 4.19. The summed E-state index contributed by atoms with van der Waals surface area (Å²) in [6.45, 7) is 2.49. The van der Waals surface area contributed by atoms with E-state index in [0.29, 0.717) is 30.7 Å². The van der Waals surface area contributed by atoms with Crippen LogP contribution in [0.3, 0.4) is 0 Å². The average molecular weight is 282 g/mol. The number of anilines is 2. The maximum atomic E-state index is 13.4. The highest BCUT2D eigenvalue weighted by Crippen LogP contribution is 2.14. The second kappa shape index (κ2) is 6.13. The number of aryl methyl sites for hydroxylation is 1. The van der Waals surface area contributed by atoms with Crippen LogP contribution >= 0.6 is 0 Å². The summed E-state index contributed by atoms with van der Waals surface area (Å²) in [7, 11) is 3.41.